The summed E-state index contributed by atoms with van der Waals surface area (Å²) in [5, 5.41) is 17.9. The second kappa shape index (κ2) is 7.07. The maximum Gasteiger partial charge on any atom is 0.407 e. The molecule has 0 aromatic heterocycles. The first-order valence-corrected chi connectivity index (χ1v) is 7.22. The third-order valence-electron chi connectivity index (χ3n) is 4.18. The molecule has 0 saturated carbocycles. The largest absolute Gasteiger partial charge is 0.465 e. The van der Waals surface area contributed by atoms with Crippen LogP contribution >= 0.6 is 0 Å². The van der Waals surface area contributed by atoms with Gasteiger partial charge < -0.3 is 20.0 Å². The molecule has 0 aliphatic carbocycles. The van der Waals surface area contributed by atoms with Crippen LogP contribution in [0.5, 0.6) is 0 Å². The van der Waals surface area contributed by atoms with Crippen molar-refractivity contribution in [2.45, 2.75) is 12.8 Å². The van der Waals surface area contributed by atoms with Crippen LogP contribution in [0.25, 0.3) is 0 Å². The van der Waals surface area contributed by atoms with Crippen LogP contribution in [0.2, 0.25) is 0 Å². The standard InChI is InChI=1S/C13H25N3O3/c17-9-8-14-3-1-2-12(10-14)11-15-4-6-16(7-5-15)13(18)19/h12,17H,1-11H2,(H,18,19). The normalized spacial score (nSPS) is 26.6. The van der Waals surface area contributed by atoms with E-state index >= 15 is 0 Å². The Bertz CT molecular complexity index is 291. The number of piperazine rings is 1. The third kappa shape index (κ3) is 4.33. The maximum absolute atomic E-state index is 10.8. The molecule has 6 heteroatoms. The van der Waals surface area contributed by atoms with Gasteiger partial charge >= 0.3 is 6.09 Å². The van der Waals surface area contributed by atoms with E-state index in [2.05, 4.69) is 9.80 Å². The topological polar surface area (TPSA) is 67.2 Å². The minimum absolute atomic E-state index is 0.240. The molecule has 2 saturated heterocycles. The lowest BCUT2D eigenvalue weighted by Crippen LogP contribution is -2.51. The molecule has 1 unspecified atom stereocenters. The maximum atomic E-state index is 10.8. The number of piperidine rings is 1. The molecule has 6 nitrogen and oxygen atoms in total. The molecule has 0 bridgehead atoms. The first-order chi connectivity index (χ1) is 9.19. The summed E-state index contributed by atoms with van der Waals surface area (Å²) in [7, 11) is 0. The number of aliphatic hydroxyl groups is 1. The molecule has 110 valence electrons. The van der Waals surface area contributed by atoms with Crippen LogP contribution in [0.4, 0.5) is 4.79 Å². The molecule has 0 spiro atoms. The number of carbonyl (C=O) groups is 1. The Balaban J connectivity index is 1.71. The van der Waals surface area contributed by atoms with Gasteiger partial charge in [-0.15, -0.1) is 0 Å². The number of hydrogen-bond donors (Lipinski definition) is 2. The fourth-order valence-electron chi connectivity index (χ4n) is 3.13. The molecule has 2 fully saturated rings. The average Bonchev–Trinajstić information content (AvgIpc) is 2.40. The lowest BCUT2D eigenvalue weighted by atomic mass is 9.97. The van der Waals surface area contributed by atoms with Crippen LogP contribution in [0.15, 0.2) is 0 Å². The monoisotopic (exact) mass is 271 g/mol. The Kier molecular flexibility index (Phi) is 5.42. The zero-order valence-corrected chi connectivity index (χ0v) is 11.5. The molecular formula is C13H25N3O3. The Labute approximate surface area is 114 Å². The van der Waals surface area contributed by atoms with Crippen molar-refractivity contribution >= 4 is 6.09 Å². The van der Waals surface area contributed by atoms with Gasteiger partial charge in [0, 0.05) is 45.8 Å². The van der Waals surface area contributed by atoms with Gasteiger partial charge in [0.2, 0.25) is 0 Å². The van der Waals surface area contributed by atoms with Crippen molar-refractivity contribution in [2.75, 3.05) is 59.0 Å². The number of carboxylic acid groups (broad SMARTS) is 1. The average molecular weight is 271 g/mol. The van der Waals surface area contributed by atoms with E-state index in [1.165, 1.54) is 17.7 Å². The predicted octanol–water partition coefficient (Wildman–Crippen LogP) is -0.0137. The van der Waals surface area contributed by atoms with E-state index in [-0.39, 0.29) is 6.61 Å². The van der Waals surface area contributed by atoms with Gasteiger partial charge in [0.1, 0.15) is 0 Å². The van der Waals surface area contributed by atoms with Crippen LogP contribution in [0.3, 0.4) is 0 Å². The van der Waals surface area contributed by atoms with Gasteiger partial charge in [0.05, 0.1) is 6.61 Å². The number of hydrogen-bond acceptors (Lipinski definition) is 4. The second-order valence-electron chi connectivity index (χ2n) is 5.60. The first-order valence-electron chi connectivity index (χ1n) is 7.22. The molecule has 2 N–H and O–H groups in total. The summed E-state index contributed by atoms with van der Waals surface area (Å²) in [6.45, 7) is 7.21. The van der Waals surface area contributed by atoms with E-state index in [1.54, 1.807) is 0 Å². The van der Waals surface area contributed by atoms with Crippen molar-refractivity contribution < 1.29 is 15.0 Å². The minimum atomic E-state index is -0.800. The van der Waals surface area contributed by atoms with Gasteiger partial charge in [-0.2, -0.15) is 0 Å². The summed E-state index contributed by atoms with van der Waals surface area (Å²) in [5.41, 5.74) is 0. The zero-order chi connectivity index (χ0) is 13.7. The molecule has 1 amide bonds. The highest BCUT2D eigenvalue weighted by Gasteiger charge is 2.25. The molecule has 2 heterocycles. The Morgan fingerprint density at radius 3 is 2.47 bits per heavy atom. The van der Waals surface area contributed by atoms with E-state index in [1.807, 2.05) is 0 Å². The minimum Gasteiger partial charge on any atom is -0.465 e. The fourth-order valence-corrected chi connectivity index (χ4v) is 3.13. The lowest BCUT2D eigenvalue weighted by Gasteiger charge is -2.38. The lowest BCUT2D eigenvalue weighted by molar-refractivity contribution is 0.0785. The van der Waals surface area contributed by atoms with Crippen LogP contribution in [-0.2, 0) is 0 Å². The molecule has 0 aromatic carbocycles. The predicted molar refractivity (Wildman–Crippen MR) is 72.3 cm³/mol. The highest BCUT2D eigenvalue weighted by atomic mass is 16.4. The summed E-state index contributed by atoms with van der Waals surface area (Å²) < 4.78 is 0. The van der Waals surface area contributed by atoms with E-state index < -0.39 is 6.09 Å². The number of nitrogens with zero attached hydrogens (tertiary/aromatic N) is 3. The summed E-state index contributed by atoms with van der Waals surface area (Å²) in [6, 6.07) is 0. The molecule has 0 radical (unpaired) electrons. The highest BCUT2D eigenvalue weighted by Crippen LogP contribution is 2.18. The van der Waals surface area contributed by atoms with Crippen LogP contribution in [0, 0.1) is 5.92 Å². The van der Waals surface area contributed by atoms with Crippen LogP contribution in [-0.4, -0.2) is 90.0 Å². The smallest absolute Gasteiger partial charge is 0.407 e. The SMILES string of the molecule is O=C(O)N1CCN(CC2CCCN(CCO)C2)CC1. The summed E-state index contributed by atoms with van der Waals surface area (Å²) >= 11 is 0. The quantitative estimate of drug-likeness (QED) is 0.752. The summed E-state index contributed by atoms with van der Waals surface area (Å²) in [6.07, 6.45) is 1.66. The Morgan fingerprint density at radius 2 is 1.84 bits per heavy atom. The molecular weight excluding hydrogens is 246 g/mol. The van der Waals surface area contributed by atoms with E-state index in [0.717, 1.165) is 39.3 Å². The first kappa shape index (κ1) is 14.6. The van der Waals surface area contributed by atoms with Crippen molar-refractivity contribution in [1.29, 1.82) is 0 Å². The van der Waals surface area contributed by atoms with Gasteiger partial charge in [-0.1, -0.05) is 0 Å². The number of aliphatic hydroxyl groups excluding tert-OH is 1. The molecule has 2 aliphatic heterocycles. The van der Waals surface area contributed by atoms with E-state index in [9.17, 15) is 4.79 Å². The van der Waals surface area contributed by atoms with Crippen molar-refractivity contribution in [2.24, 2.45) is 5.92 Å². The van der Waals surface area contributed by atoms with Crippen molar-refractivity contribution in [3.8, 4) is 0 Å². The molecule has 1 atom stereocenters. The van der Waals surface area contributed by atoms with Gasteiger partial charge in [0.15, 0.2) is 0 Å². The molecule has 19 heavy (non-hydrogen) atoms. The molecule has 0 aromatic rings. The zero-order valence-electron chi connectivity index (χ0n) is 11.5. The van der Waals surface area contributed by atoms with E-state index in [0.29, 0.717) is 19.0 Å². The molecule has 2 aliphatic rings. The number of β-amino-alcohol motifs (C(OH)–C–C–N with tert-alkyl or cyclic N) is 1. The van der Waals surface area contributed by atoms with Gasteiger partial charge in [-0.25, -0.2) is 4.79 Å². The molecule has 2 rings (SSSR count). The second-order valence-corrected chi connectivity index (χ2v) is 5.60. The van der Waals surface area contributed by atoms with Crippen LogP contribution in [0.1, 0.15) is 12.8 Å². The van der Waals surface area contributed by atoms with Gasteiger partial charge in [-0.3, -0.25) is 4.90 Å². The number of likely N-dealkylation sites (tertiary alicyclic amines) is 1. The number of rotatable bonds is 4. The fraction of sp³-hybridized carbons (Fsp3) is 0.923. The third-order valence-corrected chi connectivity index (χ3v) is 4.18. The number of amides is 1. The van der Waals surface area contributed by atoms with E-state index in [4.69, 9.17) is 10.2 Å². The summed E-state index contributed by atoms with van der Waals surface area (Å²) in [5.74, 6) is 0.664. The van der Waals surface area contributed by atoms with Crippen LogP contribution < -0.4 is 0 Å². The highest BCUT2D eigenvalue weighted by molar-refractivity contribution is 5.65. The van der Waals surface area contributed by atoms with Gasteiger partial charge in [-0.05, 0) is 25.3 Å². The Morgan fingerprint density at radius 1 is 1.11 bits per heavy atom. The van der Waals surface area contributed by atoms with Gasteiger partial charge in [0.25, 0.3) is 0 Å². The Hall–Kier alpha value is -0.850. The van der Waals surface area contributed by atoms with Crippen molar-refractivity contribution in [3.05, 3.63) is 0 Å². The van der Waals surface area contributed by atoms with Crippen molar-refractivity contribution in [3.63, 3.8) is 0 Å². The van der Waals surface area contributed by atoms with Crippen molar-refractivity contribution in [1.82, 2.24) is 14.7 Å². The summed E-state index contributed by atoms with van der Waals surface area (Å²) in [4.78, 5) is 17.1.